The molecule has 0 aromatic heterocycles. The van der Waals surface area contributed by atoms with E-state index in [0.29, 0.717) is 0 Å². The Labute approximate surface area is 153 Å². The summed E-state index contributed by atoms with van der Waals surface area (Å²) in [6.07, 6.45) is 3.43. The van der Waals surface area contributed by atoms with Crippen molar-refractivity contribution in [3.8, 4) is 0 Å². The van der Waals surface area contributed by atoms with Crippen LogP contribution >= 0.6 is 0 Å². The molecule has 158 valence electrons. The molecule has 0 saturated carbocycles. The molecule has 0 aliphatic carbocycles. The first-order valence-electron chi connectivity index (χ1n) is 6.47. The van der Waals surface area contributed by atoms with Crippen molar-refractivity contribution in [2.24, 2.45) is 16.8 Å². The summed E-state index contributed by atoms with van der Waals surface area (Å²) in [5.74, 6) is 0. The molecular weight excluding hydrogens is 350 g/mol. The minimum Gasteiger partial charge on any atom is -0.379 e. The van der Waals surface area contributed by atoms with E-state index in [1.807, 2.05) is 28.2 Å². The number of hydrogen-bond donors (Lipinski definition) is 9. The second-order valence-corrected chi connectivity index (χ2v) is 3.02. The third-order valence-electron chi connectivity index (χ3n) is 0.908. The van der Waals surface area contributed by atoms with Crippen LogP contribution < -0.4 is 28.3 Å². The Morgan fingerprint density at radius 3 is 1.04 bits per heavy atom. The van der Waals surface area contributed by atoms with E-state index < -0.39 is 0 Å². The van der Waals surface area contributed by atoms with Crippen LogP contribution in [0.25, 0.3) is 31.3 Å². The summed E-state index contributed by atoms with van der Waals surface area (Å²) in [4.78, 5) is 13.4. The van der Waals surface area contributed by atoms with Gasteiger partial charge in [-0.2, -0.15) is 0 Å². The van der Waals surface area contributed by atoms with Gasteiger partial charge in [0, 0.05) is 0 Å². The predicted octanol–water partition coefficient (Wildman–Crippen LogP) is 2.68. The Balaban J connectivity index is -0.0000000251. The first-order valence-corrected chi connectivity index (χ1v) is 6.47. The predicted molar refractivity (Wildman–Crippen MR) is 103 cm³/mol. The highest BCUT2D eigenvalue weighted by Gasteiger charge is 1.80. The summed E-state index contributed by atoms with van der Waals surface area (Å²) >= 11 is 0. The molecule has 17 heteroatoms. The molecule has 0 spiro atoms. The van der Waals surface area contributed by atoms with Gasteiger partial charge in [-0.15, -0.1) is 21.5 Å². The minimum absolute atomic E-state index is 0. The van der Waals surface area contributed by atoms with E-state index in [2.05, 4.69) is 10.6 Å². The van der Waals surface area contributed by atoms with Crippen molar-refractivity contribution in [2.45, 2.75) is 19.3 Å². The van der Waals surface area contributed by atoms with Crippen LogP contribution in [0.4, 0.5) is 0 Å². The molecule has 0 radical (unpaired) electrons. The molecule has 26 heavy (non-hydrogen) atoms. The number of hydrogen-bond acceptors (Lipinski definition) is 10. The maximum absolute atomic E-state index is 8.11. The summed E-state index contributed by atoms with van der Waals surface area (Å²) in [6.45, 7) is 1.61. The van der Waals surface area contributed by atoms with Crippen molar-refractivity contribution >= 4 is 0 Å². The third kappa shape index (κ3) is 6710. The van der Waals surface area contributed by atoms with Gasteiger partial charge in [-0.1, -0.05) is 6.42 Å². The summed E-state index contributed by atoms with van der Waals surface area (Å²) in [5, 5.41) is 13.4. The molecule has 0 unspecified atom stereocenters. The van der Waals surface area contributed by atoms with Gasteiger partial charge in [0.05, 0.1) is 0 Å². The zero-order valence-corrected chi connectivity index (χ0v) is 15.9. The lowest BCUT2D eigenvalue weighted by atomic mass is 10.2. The SMILES string of the molecule is CNC.CNC.N.NCCCCCN.O=NO.[N-]=[N+]=N.[N-]=[N+]=N.[N-]=[N+]=N. The van der Waals surface area contributed by atoms with Crippen molar-refractivity contribution in [1.29, 1.82) is 16.6 Å². The molecule has 13 N–H and O–H groups in total. The van der Waals surface area contributed by atoms with Crippen molar-refractivity contribution < 1.29 is 5.21 Å². The van der Waals surface area contributed by atoms with Crippen LogP contribution in [0, 0.1) is 21.5 Å². The molecule has 0 aromatic rings. The second-order valence-electron chi connectivity index (χ2n) is 3.02. The van der Waals surface area contributed by atoms with Crippen LogP contribution in [0.2, 0.25) is 0 Å². The average Bonchev–Trinajstić information content (AvgIpc) is 2.53. The van der Waals surface area contributed by atoms with Gasteiger partial charge in [0.15, 0.2) is 5.34 Å². The Morgan fingerprint density at radius 1 is 0.846 bits per heavy atom. The van der Waals surface area contributed by atoms with Gasteiger partial charge in [0.1, 0.15) is 0 Å². The molecule has 0 aliphatic rings. The highest BCUT2D eigenvalue weighted by Crippen LogP contribution is 1.88. The van der Waals surface area contributed by atoms with E-state index in [0.717, 1.165) is 25.9 Å². The van der Waals surface area contributed by atoms with Crippen molar-refractivity contribution in [1.82, 2.24) is 16.8 Å². The molecule has 0 heterocycles. The van der Waals surface area contributed by atoms with E-state index in [1.165, 1.54) is 11.8 Å². The van der Waals surface area contributed by atoms with E-state index in [-0.39, 0.29) is 6.15 Å². The van der Waals surface area contributed by atoms with E-state index in [1.54, 1.807) is 14.7 Å². The van der Waals surface area contributed by atoms with Crippen LogP contribution in [0.1, 0.15) is 19.3 Å². The molecule has 0 fully saturated rings. The van der Waals surface area contributed by atoms with E-state index >= 15 is 0 Å². The van der Waals surface area contributed by atoms with Gasteiger partial charge in [-0.3, -0.25) is 0 Å². The smallest absolute Gasteiger partial charge is 0.152 e. The summed E-state index contributed by atoms with van der Waals surface area (Å²) in [7, 11) is 7.50. The molecule has 0 amide bonds. The molecule has 0 bridgehead atoms. The quantitative estimate of drug-likeness (QED) is 0.0867. The number of unbranched alkanes of at least 4 members (excludes halogenated alkanes) is 2. The Morgan fingerprint density at radius 2 is 0.962 bits per heavy atom. The van der Waals surface area contributed by atoms with Gasteiger partial charge in [-0.05, 0) is 85.5 Å². The maximum Gasteiger partial charge on any atom is 0.152 e. The van der Waals surface area contributed by atoms with E-state index in [4.69, 9.17) is 54.8 Å². The molecule has 0 atom stereocenters. The van der Waals surface area contributed by atoms with E-state index in [9.17, 15) is 0 Å². The zero-order valence-electron chi connectivity index (χ0n) is 15.9. The van der Waals surface area contributed by atoms with Crippen molar-refractivity contribution in [3.05, 3.63) is 36.2 Å². The highest BCUT2D eigenvalue weighted by atomic mass is 16.6. The lowest BCUT2D eigenvalue weighted by molar-refractivity contribution is 0.312. The molecule has 0 rings (SSSR count). The van der Waals surface area contributed by atoms with Crippen molar-refractivity contribution in [3.63, 3.8) is 0 Å². The number of nitrogens with zero attached hydrogens (tertiary/aromatic N) is 7. The Bertz CT molecular complexity index is 236. The lowest BCUT2D eigenvalue weighted by Gasteiger charge is -1.91. The van der Waals surface area contributed by atoms with Gasteiger partial charge in [0.25, 0.3) is 0 Å². The van der Waals surface area contributed by atoms with Crippen molar-refractivity contribution in [2.75, 3.05) is 41.3 Å². The molecule has 17 nitrogen and oxygen atoms in total. The molecule has 0 aromatic carbocycles. The van der Waals surface area contributed by atoms with Gasteiger partial charge in [-0.25, -0.2) is 0 Å². The first-order chi connectivity index (χ1) is 11.9. The first kappa shape index (κ1) is 49.5. The fraction of sp³-hybridized carbons (Fsp3) is 1.00. The van der Waals surface area contributed by atoms with Crippen LogP contribution in [-0.4, -0.2) is 46.5 Å². The van der Waals surface area contributed by atoms with Gasteiger partial charge >= 0.3 is 0 Å². The normalized spacial score (nSPS) is 5.31. The average molecular weight is 385 g/mol. The van der Waals surface area contributed by atoms with Gasteiger partial charge < -0.3 is 33.5 Å². The maximum atomic E-state index is 8.11. The largest absolute Gasteiger partial charge is 0.379 e. The summed E-state index contributed by atoms with van der Waals surface area (Å²) in [6, 6.07) is 0. The van der Waals surface area contributed by atoms with Gasteiger partial charge in [0.2, 0.25) is 0 Å². The van der Waals surface area contributed by atoms with Crippen LogP contribution in [0.5, 0.6) is 0 Å². The van der Waals surface area contributed by atoms with Crippen LogP contribution in [-0.2, 0) is 0 Å². The Hall–Kier alpha value is -2.87. The lowest BCUT2D eigenvalue weighted by Crippen LogP contribution is -2.02. The Kier molecular flexibility index (Phi) is 285. The third-order valence-corrected chi connectivity index (χ3v) is 0.908. The molecule has 0 saturated heterocycles. The zero-order chi connectivity index (χ0) is 21.8. The topological polar surface area (TPSA) is 342 Å². The highest BCUT2D eigenvalue weighted by molar-refractivity contribution is 4.41. The summed E-state index contributed by atoms with van der Waals surface area (Å²) < 4.78 is 0. The number of nitrogens with one attached hydrogen (secondary N) is 5. The second kappa shape index (κ2) is 149. The number of rotatable bonds is 4. The van der Waals surface area contributed by atoms with Crippen LogP contribution in [0.3, 0.4) is 0 Å². The van der Waals surface area contributed by atoms with Crippen LogP contribution in [0.15, 0.2) is 5.34 Å². The standard InChI is InChI=1S/C5H14N2.2C2H7N.3HN3.HNO2.H3N/c6-4-2-1-3-5-7;5*1-3-2;2-1-3;/h1-7H2;2*3H,1-2H3;3*1H;(H,2,3);1H3. The fourth-order valence-corrected chi connectivity index (χ4v) is 0.465. The molecular formula is C9H35N15O2. The monoisotopic (exact) mass is 385 g/mol. The molecule has 0 aliphatic heterocycles. The number of nitrogens with two attached hydrogens (primary N) is 2. The summed E-state index contributed by atoms with van der Waals surface area (Å²) in [5.41, 5.74) is 47.2. The minimum atomic E-state index is 0. The fourth-order valence-electron chi connectivity index (χ4n) is 0.465.